The fourth-order valence-electron chi connectivity index (χ4n) is 3.02. The standard InChI is InChI=1S/C18H21F3N6.HI/c19-18(20,21)15-8-9-24-17(27-15)25-11-10-23-16(22)26-14-7-3-5-12-4-1-2-6-13(12)14;/h3,5,7-9H,1-2,4,6,10-11H2,(H3,22,23,26)(H,24,25,27);1H. The zero-order valence-electron chi connectivity index (χ0n) is 15.1. The number of anilines is 2. The average molecular weight is 506 g/mol. The van der Waals surface area contributed by atoms with E-state index >= 15 is 0 Å². The monoisotopic (exact) mass is 506 g/mol. The van der Waals surface area contributed by atoms with Crippen LogP contribution in [-0.4, -0.2) is 29.0 Å². The molecule has 2 aromatic rings. The number of hydrogen-bond donors (Lipinski definition) is 3. The van der Waals surface area contributed by atoms with E-state index in [2.05, 4.69) is 31.7 Å². The summed E-state index contributed by atoms with van der Waals surface area (Å²) in [6.45, 7) is 0.532. The Bertz CT molecular complexity index is 825. The largest absolute Gasteiger partial charge is 0.433 e. The van der Waals surface area contributed by atoms with Gasteiger partial charge in [-0.15, -0.1) is 24.0 Å². The Morgan fingerprint density at radius 1 is 1.18 bits per heavy atom. The molecule has 1 aromatic carbocycles. The molecule has 3 rings (SSSR count). The van der Waals surface area contributed by atoms with E-state index in [1.54, 1.807) is 0 Å². The molecule has 6 nitrogen and oxygen atoms in total. The highest BCUT2D eigenvalue weighted by molar-refractivity contribution is 14.0. The van der Waals surface area contributed by atoms with Crippen LogP contribution in [0.2, 0.25) is 0 Å². The zero-order valence-corrected chi connectivity index (χ0v) is 17.4. The predicted molar refractivity (Wildman–Crippen MR) is 114 cm³/mol. The van der Waals surface area contributed by atoms with Gasteiger partial charge in [-0.25, -0.2) is 9.97 Å². The lowest BCUT2D eigenvalue weighted by Gasteiger charge is -2.19. The Morgan fingerprint density at radius 2 is 1.96 bits per heavy atom. The molecule has 152 valence electrons. The predicted octanol–water partition coefficient (Wildman–Crippen LogP) is 3.83. The van der Waals surface area contributed by atoms with Crippen molar-refractivity contribution < 1.29 is 13.2 Å². The molecule has 0 radical (unpaired) electrons. The normalized spacial score (nSPS) is 14.0. The van der Waals surface area contributed by atoms with Crippen LogP contribution in [0.25, 0.3) is 0 Å². The van der Waals surface area contributed by atoms with Crippen molar-refractivity contribution in [2.45, 2.75) is 31.9 Å². The maximum atomic E-state index is 12.6. The first-order valence-electron chi connectivity index (χ1n) is 8.75. The number of benzene rings is 1. The molecule has 0 aliphatic heterocycles. The number of nitrogens with two attached hydrogens (primary N) is 1. The van der Waals surface area contributed by atoms with E-state index < -0.39 is 11.9 Å². The molecular formula is C18H22F3IN6. The first kappa shape index (κ1) is 22.2. The summed E-state index contributed by atoms with van der Waals surface area (Å²) in [7, 11) is 0. The van der Waals surface area contributed by atoms with Gasteiger partial charge in [0.05, 0.1) is 6.54 Å². The molecule has 28 heavy (non-hydrogen) atoms. The summed E-state index contributed by atoms with van der Waals surface area (Å²) in [5.41, 5.74) is 8.51. The summed E-state index contributed by atoms with van der Waals surface area (Å²) in [4.78, 5) is 11.4. The lowest BCUT2D eigenvalue weighted by Crippen LogP contribution is -2.25. The average Bonchev–Trinajstić information content (AvgIpc) is 2.65. The van der Waals surface area contributed by atoms with Crippen molar-refractivity contribution >= 4 is 41.6 Å². The molecular weight excluding hydrogens is 484 g/mol. The summed E-state index contributed by atoms with van der Waals surface area (Å²) in [6, 6.07) is 6.92. The van der Waals surface area contributed by atoms with Crippen LogP contribution in [0.15, 0.2) is 35.5 Å². The van der Waals surface area contributed by atoms with Gasteiger partial charge < -0.3 is 16.4 Å². The van der Waals surface area contributed by atoms with Crippen LogP contribution < -0.4 is 16.4 Å². The van der Waals surface area contributed by atoms with Gasteiger partial charge in [-0.1, -0.05) is 12.1 Å². The molecule has 1 aliphatic carbocycles. The van der Waals surface area contributed by atoms with Gasteiger partial charge in [0.1, 0.15) is 5.69 Å². The Balaban J connectivity index is 0.00000280. The summed E-state index contributed by atoms with van der Waals surface area (Å²) in [6.07, 6.45) is 1.01. The van der Waals surface area contributed by atoms with Crippen molar-refractivity contribution in [2.75, 3.05) is 23.7 Å². The minimum Gasteiger partial charge on any atom is -0.370 e. The minimum absolute atomic E-state index is 0. The maximum absolute atomic E-state index is 12.6. The van der Waals surface area contributed by atoms with E-state index in [1.807, 2.05) is 12.1 Å². The number of nitrogens with one attached hydrogen (secondary N) is 2. The third kappa shape index (κ3) is 5.94. The number of fused-ring (bicyclic) bond motifs is 1. The molecule has 0 unspecified atom stereocenters. The number of aromatic nitrogens is 2. The molecule has 0 amide bonds. The summed E-state index contributed by atoms with van der Waals surface area (Å²) in [5.74, 6) is 0.171. The number of halogens is 4. The number of rotatable bonds is 5. The second kappa shape index (κ2) is 9.89. The number of aliphatic imine (C=N–C) groups is 1. The lowest BCUT2D eigenvalue weighted by atomic mass is 9.90. The second-order valence-electron chi connectivity index (χ2n) is 6.23. The van der Waals surface area contributed by atoms with Crippen molar-refractivity contribution in [3.8, 4) is 0 Å². The van der Waals surface area contributed by atoms with Gasteiger partial charge in [0, 0.05) is 18.4 Å². The van der Waals surface area contributed by atoms with Gasteiger partial charge in [0.2, 0.25) is 5.95 Å². The van der Waals surface area contributed by atoms with Gasteiger partial charge in [0.15, 0.2) is 5.96 Å². The van der Waals surface area contributed by atoms with Crippen LogP contribution in [0.1, 0.15) is 29.7 Å². The first-order valence-corrected chi connectivity index (χ1v) is 8.75. The lowest BCUT2D eigenvalue weighted by molar-refractivity contribution is -0.141. The summed E-state index contributed by atoms with van der Waals surface area (Å²) < 4.78 is 37.9. The highest BCUT2D eigenvalue weighted by Crippen LogP contribution is 2.28. The molecule has 10 heteroatoms. The number of alkyl halides is 3. The van der Waals surface area contributed by atoms with Crippen molar-refractivity contribution in [2.24, 2.45) is 10.7 Å². The fourth-order valence-corrected chi connectivity index (χ4v) is 3.02. The molecule has 1 heterocycles. The molecule has 0 spiro atoms. The molecule has 0 bridgehead atoms. The topological polar surface area (TPSA) is 88.2 Å². The first-order chi connectivity index (χ1) is 12.9. The van der Waals surface area contributed by atoms with E-state index in [0.717, 1.165) is 37.2 Å². The van der Waals surface area contributed by atoms with Crippen molar-refractivity contribution in [3.63, 3.8) is 0 Å². The Morgan fingerprint density at radius 3 is 2.75 bits per heavy atom. The molecule has 0 atom stereocenters. The molecule has 0 saturated carbocycles. The Hall–Kier alpha value is -2.11. The minimum atomic E-state index is -4.50. The maximum Gasteiger partial charge on any atom is 0.433 e. The third-order valence-corrected chi connectivity index (χ3v) is 4.28. The number of nitrogens with zero attached hydrogens (tertiary/aromatic N) is 3. The number of hydrogen-bond acceptors (Lipinski definition) is 4. The van der Waals surface area contributed by atoms with Gasteiger partial charge >= 0.3 is 6.18 Å². The van der Waals surface area contributed by atoms with Crippen LogP contribution in [0.3, 0.4) is 0 Å². The van der Waals surface area contributed by atoms with Gasteiger partial charge in [-0.2, -0.15) is 13.2 Å². The van der Waals surface area contributed by atoms with Crippen LogP contribution in [0, 0.1) is 0 Å². The SMILES string of the molecule is I.NC(=NCCNc1nccc(C(F)(F)F)n1)Nc1cccc2c1CCCC2. The van der Waals surface area contributed by atoms with Crippen LogP contribution in [-0.2, 0) is 19.0 Å². The zero-order chi connectivity index (χ0) is 19.3. The molecule has 1 aromatic heterocycles. The Labute approximate surface area is 178 Å². The van der Waals surface area contributed by atoms with Gasteiger partial charge in [-0.3, -0.25) is 4.99 Å². The van der Waals surface area contributed by atoms with Crippen LogP contribution >= 0.6 is 24.0 Å². The van der Waals surface area contributed by atoms with Crippen molar-refractivity contribution in [3.05, 3.63) is 47.3 Å². The smallest absolute Gasteiger partial charge is 0.370 e. The molecule has 1 aliphatic rings. The number of guanidine groups is 1. The molecule has 0 saturated heterocycles. The van der Waals surface area contributed by atoms with Crippen molar-refractivity contribution in [1.82, 2.24) is 9.97 Å². The summed E-state index contributed by atoms with van der Waals surface area (Å²) >= 11 is 0. The fraction of sp³-hybridized carbons (Fsp3) is 0.389. The van der Waals surface area contributed by atoms with Crippen LogP contribution in [0.4, 0.5) is 24.8 Å². The van der Waals surface area contributed by atoms with E-state index in [9.17, 15) is 13.2 Å². The molecule has 4 N–H and O–H groups in total. The van der Waals surface area contributed by atoms with E-state index in [1.165, 1.54) is 17.5 Å². The van der Waals surface area contributed by atoms with Crippen LogP contribution in [0.5, 0.6) is 0 Å². The number of aryl methyl sites for hydroxylation is 1. The highest BCUT2D eigenvalue weighted by atomic mass is 127. The van der Waals surface area contributed by atoms with E-state index in [4.69, 9.17) is 5.73 Å². The van der Waals surface area contributed by atoms with E-state index in [-0.39, 0.29) is 49.0 Å². The quantitative estimate of drug-likeness (QED) is 0.249. The second-order valence-corrected chi connectivity index (χ2v) is 6.23. The van der Waals surface area contributed by atoms with Gasteiger partial charge in [0.25, 0.3) is 0 Å². The third-order valence-electron chi connectivity index (χ3n) is 4.28. The Kier molecular flexibility index (Phi) is 7.84. The van der Waals surface area contributed by atoms with Crippen molar-refractivity contribution in [1.29, 1.82) is 0 Å². The molecule has 0 fully saturated rings. The summed E-state index contributed by atoms with van der Waals surface area (Å²) in [5, 5.41) is 5.83. The highest BCUT2D eigenvalue weighted by Gasteiger charge is 2.32. The van der Waals surface area contributed by atoms with Gasteiger partial charge in [-0.05, 0) is 48.9 Å². The van der Waals surface area contributed by atoms with E-state index in [0.29, 0.717) is 0 Å².